The van der Waals surface area contributed by atoms with E-state index >= 15 is 0 Å². The molecule has 4 rings (SSSR count). The zero-order valence-electron chi connectivity index (χ0n) is 16.1. The van der Waals surface area contributed by atoms with Gasteiger partial charge in [0.25, 0.3) is 11.8 Å². The molecule has 0 saturated heterocycles. The second-order valence-corrected chi connectivity index (χ2v) is 8.39. The molecule has 5 nitrogen and oxygen atoms in total. The minimum absolute atomic E-state index is 0.328. The average Bonchev–Trinajstić information content (AvgIpc) is 3.06. The van der Waals surface area contributed by atoms with Crippen LogP contribution in [0, 0.1) is 5.92 Å². The minimum atomic E-state index is -0.499. The highest BCUT2D eigenvalue weighted by Crippen LogP contribution is 2.40. The van der Waals surface area contributed by atoms with Gasteiger partial charge in [-0.25, -0.2) is 0 Å². The van der Waals surface area contributed by atoms with Gasteiger partial charge in [0.15, 0.2) is 0 Å². The van der Waals surface area contributed by atoms with E-state index in [1.165, 1.54) is 11.3 Å². The number of benzene rings is 2. The summed E-state index contributed by atoms with van der Waals surface area (Å²) in [5.41, 5.74) is 7.49. The minimum Gasteiger partial charge on any atom is -0.457 e. The molecule has 1 aliphatic rings. The summed E-state index contributed by atoms with van der Waals surface area (Å²) in [4.78, 5) is 26.3. The third kappa shape index (κ3) is 4.03. The standard InChI is InChI=1S/C23H22N2O3S/c1-14-11-12-17-19(13-14)29-23(20(17)21(24)26)25-22(27)16-9-5-6-10-18(16)28-15-7-3-2-4-8-15/h2-10,14H,11-13H2,1H3,(H2,24,26)(H,25,27)/t14-/m0/s1. The Morgan fingerprint density at radius 2 is 1.83 bits per heavy atom. The summed E-state index contributed by atoms with van der Waals surface area (Å²) in [7, 11) is 0. The van der Waals surface area contributed by atoms with Gasteiger partial charge in [-0.2, -0.15) is 0 Å². The van der Waals surface area contributed by atoms with Crippen LogP contribution < -0.4 is 15.8 Å². The molecular formula is C23H22N2O3S. The number of rotatable bonds is 5. The number of carbonyl (C=O) groups is 2. The topological polar surface area (TPSA) is 81.4 Å². The van der Waals surface area contributed by atoms with Crippen molar-refractivity contribution in [3.8, 4) is 11.5 Å². The fourth-order valence-electron chi connectivity index (χ4n) is 3.63. The molecule has 0 radical (unpaired) electrons. The number of hydrogen-bond acceptors (Lipinski definition) is 4. The van der Waals surface area contributed by atoms with Crippen LogP contribution in [0.3, 0.4) is 0 Å². The van der Waals surface area contributed by atoms with E-state index in [0.29, 0.717) is 33.5 Å². The fourth-order valence-corrected chi connectivity index (χ4v) is 5.04. The monoisotopic (exact) mass is 406 g/mol. The average molecular weight is 407 g/mol. The zero-order chi connectivity index (χ0) is 20.4. The van der Waals surface area contributed by atoms with E-state index in [2.05, 4.69) is 12.2 Å². The van der Waals surface area contributed by atoms with Gasteiger partial charge in [0.2, 0.25) is 0 Å². The van der Waals surface area contributed by atoms with Crippen LogP contribution in [0.2, 0.25) is 0 Å². The molecule has 1 heterocycles. The lowest BCUT2D eigenvalue weighted by atomic mass is 9.88. The van der Waals surface area contributed by atoms with Gasteiger partial charge in [-0.15, -0.1) is 11.3 Å². The van der Waals surface area contributed by atoms with Gasteiger partial charge in [-0.1, -0.05) is 37.3 Å². The Bertz CT molecular complexity index is 1060. The van der Waals surface area contributed by atoms with Crippen LogP contribution in [0.15, 0.2) is 54.6 Å². The Morgan fingerprint density at radius 1 is 1.10 bits per heavy atom. The zero-order valence-corrected chi connectivity index (χ0v) is 16.9. The quantitative estimate of drug-likeness (QED) is 0.624. The Morgan fingerprint density at radius 3 is 2.59 bits per heavy atom. The molecule has 0 fully saturated rings. The molecule has 0 aliphatic heterocycles. The maximum Gasteiger partial charge on any atom is 0.260 e. The number of carbonyl (C=O) groups excluding carboxylic acids is 2. The van der Waals surface area contributed by atoms with Gasteiger partial charge >= 0.3 is 0 Å². The number of nitrogens with one attached hydrogen (secondary N) is 1. The summed E-state index contributed by atoms with van der Waals surface area (Å²) >= 11 is 1.45. The van der Waals surface area contributed by atoms with Gasteiger partial charge in [0.1, 0.15) is 16.5 Å². The Kier molecular flexibility index (Phi) is 5.36. The first-order valence-corrected chi connectivity index (χ1v) is 10.4. The number of thiophene rings is 1. The number of primary amides is 1. The number of amides is 2. The summed E-state index contributed by atoms with van der Waals surface area (Å²) in [6.07, 6.45) is 2.74. The highest BCUT2D eigenvalue weighted by Gasteiger charge is 2.27. The van der Waals surface area contributed by atoms with E-state index in [0.717, 1.165) is 29.7 Å². The molecule has 0 saturated carbocycles. The molecule has 3 aromatic rings. The van der Waals surface area contributed by atoms with Crippen LogP contribution in [0.25, 0.3) is 0 Å². The van der Waals surface area contributed by atoms with E-state index < -0.39 is 5.91 Å². The molecule has 148 valence electrons. The number of ether oxygens (including phenoxy) is 1. The van der Waals surface area contributed by atoms with Crippen molar-refractivity contribution in [3.05, 3.63) is 76.2 Å². The maximum absolute atomic E-state index is 13.0. The number of nitrogens with two attached hydrogens (primary N) is 1. The van der Waals surface area contributed by atoms with E-state index in [-0.39, 0.29) is 5.91 Å². The second kappa shape index (κ2) is 8.09. The summed E-state index contributed by atoms with van der Waals surface area (Å²) in [6, 6.07) is 16.3. The Labute approximate surface area is 173 Å². The van der Waals surface area contributed by atoms with Crippen LogP contribution in [-0.4, -0.2) is 11.8 Å². The molecule has 1 atom stereocenters. The molecule has 29 heavy (non-hydrogen) atoms. The molecule has 1 aliphatic carbocycles. The predicted octanol–water partition coefficient (Wildman–Crippen LogP) is 5.02. The van der Waals surface area contributed by atoms with E-state index in [1.807, 2.05) is 36.4 Å². The van der Waals surface area contributed by atoms with Gasteiger partial charge in [-0.3, -0.25) is 9.59 Å². The van der Waals surface area contributed by atoms with Crippen LogP contribution in [-0.2, 0) is 12.8 Å². The number of hydrogen-bond donors (Lipinski definition) is 2. The molecule has 6 heteroatoms. The summed E-state index contributed by atoms with van der Waals surface area (Å²) in [5, 5.41) is 3.43. The maximum atomic E-state index is 13.0. The van der Waals surface area contributed by atoms with E-state index in [9.17, 15) is 9.59 Å². The first-order chi connectivity index (χ1) is 14.0. The van der Waals surface area contributed by atoms with Gasteiger partial charge in [0.05, 0.1) is 11.1 Å². The molecule has 3 N–H and O–H groups in total. The lowest BCUT2D eigenvalue weighted by Gasteiger charge is -2.18. The largest absolute Gasteiger partial charge is 0.457 e. The van der Waals surface area contributed by atoms with Crippen molar-refractivity contribution in [1.82, 2.24) is 0 Å². The summed E-state index contributed by atoms with van der Waals surface area (Å²) < 4.78 is 5.89. The first-order valence-electron chi connectivity index (χ1n) is 9.60. The fraction of sp³-hybridized carbons (Fsp3) is 0.217. The van der Waals surface area contributed by atoms with Crippen molar-refractivity contribution in [2.24, 2.45) is 11.7 Å². The lowest BCUT2D eigenvalue weighted by Crippen LogP contribution is -2.19. The molecule has 1 aromatic heterocycles. The van der Waals surface area contributed by atoms with Crippen LogP contribution >= 0.6 is 11.3 Å². The van der Waals surface area contributed by atoms with Gasteiger partial charge in [-0.05, 0) is 55.0 Å². The highest BCUT2D eigenvalue weighted by atomic mass is 32.1. The van der Waals surface area contributed by atoms with Crippen molar-refractivity contribution >= 4 is 28.2 Å². The first kappa shape index (κ1) is 19.2. The SMILES string of the molecule is C[C@H]1CCc2c(sc(NC(=O)c3ccccc3Oc3ccccc3)c2C(N)=O)C1. The summed E-state index contributed by atoms with van der Waals surface area (Å²) in [5.74, 6) is 0.829. The van der Waals surface area contributed by atoms with Gasteiger partial charge in [0, 0.05) is 4.88 Å². The van der Waals surface area contributed by atoms with Crippen LogP contribution in [0.5, 0.6) is 11.5 Å². The molecule has 2 aromatic carbocycles. The third-order valence-corrected chi connectivity index (χ3v) is 6.26. The Balaban J connectivity index is 1.63. The Hall–Kier alpha value is -3.12. The molecule has 0 spiro atoms. The lowest BCUT2D eigenvalue weighted by molar-refractivity contribution is 0.1000. The molecular weight excluding hydrogens is 384 g/mol. The van der Waals surface area contributed by atoms with Gasteiger partial charge < -0.3 is 15.8 Å². The second-order valence-electron chi connectivity index (χ2n) is 7.29. The smallest absolute Gasteiger partial charge is 0.260 e. The molecule has 0 bridgehead atoms. The summed E-state index contributed by atoms with van der Waals surface area (Å²) in [6.45, 7) is 2.20. The van der Waals surface area contributed by atoms with Crippen molar-refractivity contribution in [1.29, 1.82) is 0 Å². The molecule has 2 amide bonds. The number of anilines is 1. The molecule has 0 unspecified atom stereocenters. The van der Waals surface area contributed by atoms with Crippen molar-refractivity contribution in [3.63, 3.8) is 0 Å². The third-order valence-electron chi connectivity index (χ3n) is 5.09. The number of para-hydroxylation sites is 2. The normalized spacial score (nSPS) is 15.4. The van der Waals surface area contributed by atoms with Crippen LogP contribution in [0.1, 0.15) is 44.5 Å². The number of fused-ring (bicyclic) bond motifs is 1. The van der Waals surface area contributed by atoms with Crippen molar-refractivity contribution < 1.29 is 14.3 Å². The highest BCUT2D eigenvalue weighted by molar-refractivity contribution is 7.17. The van der Waals surface area contributed by atoms with Crippen LogP contribution in [0.4, 0.5) is 5.00 Å². The van der Waals surface area contributed by atoms with Crippen molar-refractivity contribution in [2.45, 2.75) is 26.2 Å². The van der Waals surface area contributed by atoms with E-state index in [4.69, 9.17) is 10.5 Å². The van der Waals surface area contributed by atoms with E-state index in [1.54, 1.807) is 18.2 Å². The van der Waals surface area contributed by atoms with Crippen molar-refractivity contribution in [2.75, 3.05) is 5.32 Å². The predicted molar refractivity (Wildman–Crippen MR) is 115 cm³/mol.